The van der Waals surface area contributed by atoms with Crippen molar-refractivity contribution in [2.75, 3.05) is 7.11 Å². The molecule has 1 aromatic rings. The van der Waals surface area contributed by atoms with Gasteiger partial charge in [-0.15, -0.1) is 0 Å². The molecule has 0 aliphatic rings. The molecule has 0 saturated heterocycles. The molecule has 0 aliphatic carbocycles. The number of carbonyl (C=O) groups is 1. The molecule has 1 aromatic carbocycles. The van der Waals surface area contributed by atoms with Gasteiger partial charge in [0.2, 0.25) is 5.67 Å². The molecule has 0 bridgehead atoms. The van der Waals surface area contributed by atoms with Gasteiger partial charge in [0, 0.05) is 11.8 Å². The average molecular weight is 289 g/mol. The fourth-order valence-electron chi connectivity index (χ4n) is 1.49. The van der Waals surface area contributed by atoms with E-state index in [4.69, 9.17) is 0 Å². The van der Waals surface area contributed by atoms with Gasteiger partial charge in [0.1, 0.15) is 0 Å². The number of methoxy groups -OCH3 is 1. The number of benzene rings is 1. The van der Waals surface area contributed by atoms with E-state index in [-0.39, 0.29) is 6.42 Å². The Balaban J connectivity index is 2.83. The second-order valence-corrected chi connectivity index (χ2v) is 4.38. The molecule has 0 saturated carbocycles. The van der Waals surface area contributed by atoms with Crippen LogP contribution in [0.25, 0.3) is 0 Å². The summed E-state index contributed by atoms with van der Waals surface area (Å²) in [5.41, 5.74) is -0.134. The van der Waals surface area contributed by atoms with Gasteiger partial charge in [0.15, 0.2) is 0 Å². The van der Waals surface area contributed by atoms with Crippen molar-refractivity contribution in [1.29, 1.82) is 0 Å². The molecule has 0 amide bonds. The quantitative estimate of drug-likeness (QED) is 0.629. The molecule has 0 radical (unpaired) electrons. The van der Waals surface area contributed by atoms with Gasteiger partial charge in [-0.3, -0.25) is 0 Å². The molecule has 0 aliphatic heterocycles. The van der Waals surface area contributed by atoms with Gasteiger partial charge in [-0.05, 0) is 18.1 Å². The number of alkyl halides is 2. The third-order valence-electron chi connectivity index (χ3n) is 2.29. The largest absolute Gasteiger partial charge is 0.467 e. The van der Waals surface area contributed by atoms with Gasteiger partial charge in [0.25, 0.3) is 0 Å². The molecular weight excluding hydrogens is 275 g/mol. The van der Waals surface area contributed by atoms with E-state index in [9.17, 15) is 9.18 Å². The van der Waals surface area contributed by atoms with Crippen molar-refractivity contribution in [1.82, 2.24) is 0 Å². The smallest absolute Gasteiger partial charge is 0.343 e. The maximum atomic E-state index is 13.9. The zero-order valence-corrected chi connectivity index (χ0v) is 10.9. The Labute approximate surface area is 103 Å². The third kappa shape index (κ3) is 3.30. The highest BCUT2D eigenvalue weighted by Gasteiger charge is 2.34. The van der Waals surface area contributed by atoms with Crippen LogP contribution in [0, 0.1) is 0 Å². The summed E-state index contributed by atoms with van der Waals surface area (Å²) >= 11 is 3.33. The topological polar surface area (TPSA) is 26.3 Å². The molecule has 0 heterocycles. The predicted octanol–water partition coefficient (Wildman–Crippen LogP) is 3.03. The summed E-state index contributed by atoms with van der Waals surface area (Å²) in [5.74, 6) is -0.836. The van der Waals surface area contributed by atoms with Crippen LogP contribution >= 0.6 is 15.9 Å². The minimum Gasteiger partial charge on any atom is -0.467 e. The Morgan fingerprint density at radius 3 is 2.69 bits per heavy atom. The molecular formula is C12H14BrFO2. The molecule has 16 heavy (non-hydrogen) atoms. The predicted molar refractivity (Wildman–Crippen MR) is 64.3 cm³/mol. The maximum absolute atomic E-state index is 13.9. The zero-order valence-electron chi connectivity index (χ0n) is 9.30. The number of esters is 1. The van der Waals surface area contributed by atoms with Gasteiger partial charge in [-0.25, -0.2) is 9.18 Å². The van der Waals surface area contributed by atoms with Crippen LogP contribution in [0.15, 0.2) is 24.3 Å². The molecule has 0 aromatic heterocycles. The lowest BCUT2D eigenvalue weighted by atomic mass is 9.97. The van der Waals surface area contributed by atoms with Crippen LogP contribution in [0.5, 0.6) is 0 Å². The SMILES string of the molecule is COC(=O)C(C)(F)Cc1cccc(CBr)c1. The molecule has 0 N–H and O–H groups in total. The minimum absolute atomic E-state index is 0.0283. The highest BCUT2D eigenvalue weighted by molar-refractivity contribution is 9.08. The summed E-state index contributed by atoms with van der Waals surface area (Å²) in [6, 6.07) is 7.45. The summed E-state index contributed by atoms with van der Waals surface area (Å²) in [5, 5.41) is 0.710. The number of carbonyl (C=O) groups excluding carboxylic acids is 1. The Morgan fingerprint density at radius 1 is 1.50 bits per heavy atom. The second-order valence-electron chi connectivity index (χ2n) is 3.82. The molecule has 1 rings (SSSR count). The molecule has 2 nitrogen and oxygen atoms in total. The van der Waals surface area contributed by atoms with Gasteiger partial charge >= 0.3 is 5.97 Å². The van der Waals surface area contributed by atoms with E-state index in [1.807, 2.05) is 18.2 Å². The number of hydrogen-bond acceptors (Lipinski definition) is 2. The summed E-state index contributed by atoms with van der Waals surface area (Å²) in [4.78, 5) is 11.2. The van der Waals surface area contributed by atoms with Crippen molar-refractivity contribution in [2.45, 2.75) is 24.3 Å². The molecule has 88 valence electrons. The van der Waals surface area contributed by atoms with E-state index < -0.39 is 11.6 Å². The van der Waals surface area contributed by atoms with Gasteiger partial charge in [-0.1, -0.05) is 40.2 Å². The Kier molecular flexibility index (Phi) is 4.47. The minimum atomic E-state index is -1.97. The summed E-state index contributed by atoms with van der Waals surface area (Å²) in [7, 11) is 1.19. The first-order valence-electron chi connectivity index (χ1n) is 4.90. The first-order valence-corrected chi connectivity index (χ1v) is 6.03. The molecule has 4 heteroatoms. The molecule has 1 atom stereocenters. The van der Waals surface area contributed by atoms with Crippen molar-refractivity contribution >= 4 is 21.9 Å². The van der Waals surface area contributed by atoms with Gasteiger partial charge < -0.3 is 4.74 Å². The van der Waals surface area contributed by atoms with Crippen molar-refractivity contribution in [3.05, 3.63) is 35.4 Å². The van der Waals surface area contributed by atoms with Crippen LogP contribution in [0.3, 0.4) is 0 Å². The van der Waals surface area contributed by atoms with Crippen LogP contribution < -0.4 is 0 Å². The third-order valence-corrected chi connectivity index (χ3v) is 2.94. The van der Waals surface area contributed by atoms with Gasteiger partial charge in [0.05, 0.1) is 7.11 Å². The van der Waals surface area contributed by atoms with Crippen molar-refractivity contribution in [2.24, 2.45) is 0 Å². The van der Waals surface area contributed by atoms with Crippen LogP contribution in [0.4, 0.5) is 4.39 Å². The Bertz CT molecular complexity index is 377. The lowest BCUT2D eigenvalue weighted by Gasteiger charge is -2.17. The first kappa shape index (κ1) is 13.2. The van der Waals surface area contributed by atoms with Crippen molar-refractivity contribution in [3.63, 3.8) is 0 Å². The highest BCUT2D eigenvalue weighted by atomic mass is 79.9. The van der Waals surface area contributed by atoms with E-state index in [1.165, 1.54) is 14.0 Å². The van der Waals surface area contributed by atoms with Crippen LogP contribution in [0.2, 0.25) is 0 Å². The zero-order chi connectivity index (χ0) is 12.2. The van der Waals surface area contributed by atoms with E-state index in [0.717, 1.165) is 11.1 Å². The summed E-state index contributed by atoms with van der Waals surface area (Å²) in [6.45, 7) is 1.24. The van der Waals surface area contributed by atoms with Gasteiger partial charge in [-0.2, -0.15) is 0 Å². The Hall–Kier alpha value is -0.900. The fourth-order valence-corrected chi connectivity index (χ4v) is 1.84. The van der Waals surface area contributed by atoms with Crippen LogP contribution in [-0.4, -0.2) is 18.7 Å². The fraction of sp³-hybridized carbons (Fsp3) is 0.417. The molecule has 1 unspecified atom stereocenters. The standard InChI is InChI=1S/C12H14BrFO2/c1-12(14,11(15)16-2)7-9-4-3-5-10(6-9)8-13/h3-6H,7-8H2,1-2H3. The summed E-state index contributed by atoms with van der Waals surface area (Å²) < 4.78 is 18.3. The van der Waals surface area contributed by atoms with Crippen LogP contribution in [-0.2, 0) is 21.3 Å². The second kappa shape index (κ2) is 5.43. The number of ether oxygens (including phenoxy) is 1. The highest BCUT2D eigenvalue weighted by Crippen LogP contribution is 2.20. The monoisotopic (exact) mass is 288 g/mol. The maximum Gasteiger partial charge on any atom is 0.343 e. The van der Waals surface area contributed by atoms with Crippen LogP contribution in [0.1, 0.15) is 18.1 Å². The number of rotatable bonds is 4. The van der Waals surface area contributed by atoms with E-state index in [1.54, 1.807) is 6.07 Å². The molecule has 0 spiro atoms. The van der Waals surface area contributed by atoms with E-state index in [0.29, 0.717) is 5.33 Å². The van der Waals surface area contributed by atoms with E-state index >= 15 is 0 Å². The first-order chi connectivity index (χ1) is 7.49. The number of halogens is 2. The lowest BCUT2D eigenvalue weighted by molar-refractivity contribution is -0.153. The number of hydrogen-bond donors (Lipinski definition) is 0. The van der Waals surface area contributed by atoms with Crippen molar-refractivity contribution in [3.8, 4) is 0 Å². The van der Waals surface area contributed by atoms with Crippen molar-refractivity contribution < 1.29 is 13.9 Å². The normalized spacial score (nSPS) is 14.2. The molecule has 0 fully saturated rings. The average Bonchev–Trinajstić information content (AvgIpc) is 2.27. The van der Waals surface area contributed by atoms with E-state index in [2.05, 4.69) is 20.7 Å². The lowest BCUT2D eigenvalue weighted by Crippen LogP contribution is -2.33. The Morgan fingerprint density at radius 2 is 2.12 bits per heavy atom. The summed E-state index contributed by atoms with van der Waals surface area (Å²) in [6.07, 6.45) is 0.0283.